The van der Waals surface area contributed by atoms with E-state index in [1.807, 2.05) is 6.07 Å². The zero-order chi connectivity index (χ0) is 15.2. The van der Waals surface area contributed by atoms with Gasteiger partial charge in [0.05, 0.1) is 10.2 Å². The molecule has 2 heterocycles. The molecule has 0 spiro atoms. The SMILES string of the molecule is Fc1ccnc(CCNC(=S)Nc2ncccc2Br)c1F. The van der Waals surface area contributed by atoms with E-state index in [-0.39, 0.29) is 12.1 Å². The summed E-state index contributed by atoms with van der Waals surface area (Å²) < 4.78 is 27.2. The number of rotatable bonds is 4. The van der Waals surface area contributed by atoms with Gasteiger partial charge in [-0.1, -0.05) is 0 Å². The third kappa shape index (κ3) is 4.40. The van der Waals surface area contributed by atoms with Crippen LogP contribution in [0.15, 0.2) is 35.1 Å². The molecular weight excluding hydrogens is 362 g/mol. The summed E-state index contributed by atoms with van der Waals surface area (Å²) in [7, 11) is 0. The average molecular weight is 373 g/mol. The van der Waals surface area contributed by atoms with Gasteiger partial charge in [-0.3, -0.25) is 4.98 Å². The summed E-state index contributed by atoms with van der Waals surface area (Å²) in [6.45, 7) is 0.323. The molecule has 8 heteroatoms. The number of hydrogen-bond acceptors (Lipinski definition) is 3. The van der Waals surface area contributed by atoms with Crippen molar-refractivity contribution in [3.8, 4) is 0 Å². The minimum Gasteiger partial charge on any atom is -0.362 e. The maximum Gasteiger partial charge on any atom is 0.180 e. The molecule has 2 aromatic heterocycles. The predicted octanol–water partition coefficient (Wildman–Crippen LogP) is 3.05. The summed E-state index contributed by atoms with van der Waals surface area (Å²) >= 11 is 8.43. The first-order valence-corrected chi connectivity index (χ1v) is 7.22. The van der Waals surface area contributed by atoms with Crippen molar-refractivity contribution in [2.45, 2.75) is 6.42 Å². The van der Waals surface area contributed by atoms with E-state index in [1.54, 1.807) is 12.3 Å². The lowest BCUT2D eigenvalue weighted by molar-refractivity contribution is 0.491. The minimum absolute atomic E-state index is 0.0596. The number of nitrogens with one attached hydrogen (secondary N) is 2. The van der Waals surface area contributed by atoms with Crippen LogP contribution < -0.4 is 10.6 Å². The van der Waals surface area contributed by atoms with E-state index in [1.165, 1.54) is 6.20 Å². The number of pyridine rings is 2. The van der Waals surface area contributed by atoms with E-state index in [0.29, 0.717) is 17.5 Å². The number of halogens is 3. The molecule has 0 aliphatic heterocycles. The second kappa shape index (κ2) is 7.37. The zero-order valence-corrected chi connectivity index (χ0v) is 13.1. The Kier molecular flexibility index (Phi) is 5.51. The van der Waals surface area contributed by atoms with E-state index >= 15 is 0 Å². The van der Waals surface area contributed by atoms with Crippen LogP contribution in [-0.2, 0) is 6.42 Å². The molecule has 0 bridgehead atoms. The van der Waals surface area contributed by atoms with Crippen LogP contribution in [0.2, 0.25) is 0 Å². The largest absolute Gasteiger partial charge is 0.362 e. The molecule has 2 N–H and O–H groups in total. The Labute approximate surface area is 134 Å². The molecule has 110 valence electrons. The normalized spacial score (nSPS) is 10.2. The monoisotopic (exact) mass is 372 g/mol. The van der Waals surface area contributed by atoms with Gasteiger partial charge in [0.15, 0.2) is 16.7 Å². The fourth-order valence-corrected chi connectivity index (χ4v) is 2.11. The van der Waals surface area contributed by atoms with Gasteiger partial charge in [0, 0.05) is 25.4 Å². The molecule has 0 fully saturated rings. The quantitative estimate of drug-likeness (QED) is 0.807. The van der Waals surface area contributed by atoms with E-state index in [4.69, 9.17) is 12.2 Å². The van der Waals surface area contributed by atoms with Crippen LogP contribution in [0, 0.1) is 11.6 Å². The molecule has 0 unspecified atom stereocenters. The Morgan fingerprint density at radius 2 is 2.05 bits per heavy atom. The van der Waals surface area contributed by atoms with Gasteiger partial charge in [0.25, 0.3) is 0 Å². The van der Waals surface area contributed by atoms with Crippen molar-refractivity contribution in [2.75, 3.05) is 11.9 Å². The lowest BCUT2D eigenvalue weighted by Crippen LogP contribution is -2.31. The summed E-state index contributed by atoms with van der Waals surface area (Å²) in [5.41, 5.74) is 0.0596. The smallest absolute Gasteiger partial charge is 0.180 e. The summed E-state index contributed by atoms with van der Waals surface area (Å²) in [6, 6.07) is 4.59. The van der Waals surface area contributed by atoms with E-state index < -0.39 is 11.6 Å². The zero-order valence-electron chi connectivity index (χ0n) is 10.7. The first-order valence-electron chi connectivity index (χ1n) is 6.02. The molecule has 0 atom stereocenters. The van der Waals surface area contributed by atoms with Crippen LogP contribution in [0.5, 0.6) is 0 Å². The Balaban J connectivity index is 1.85. The van der Waals surface area contributed by atoms with Crippen LogP contribution in [0.1, 0.15) is 5.69 Å². The van der Waals surface area contributed by atoms with Gasteiger partial charge in [0.1, 0.15) is 5.82 Å². The molecule has 0 aliphatic rings. The van der Waals surface area contributed by atoms with Crippen molar-refractivity contribution >= 4 is 39.1 Å². The predicted molar refractivity (Wildman–Crippen MR) is 84.0 cm³/mol. The van der Waals surface area contributed by atoms with Crippen molar-refractivity contribution in [3.05, 3.63) is 52.4 Å². The Hall–Kier alpha value is -1.67. The summed E-state index contributed by atoms with van der Waals surface area (Å²) in [4.78, 5) is 7.90. The first kappa shape index (κ1) is 15.7. The highest BCUT2D eigenvalue weighted by atomic mass is 79.9. The molecule has 2 rings (SSSR count). The fraction of sp³-hybridized carbons (Fsp3) is 0.154. The van der Waals surface area contributed by atoms with Gasteiger partial charge in [-0.2, -0.15) is 0 Å². The van der Waals surface area contributed by atoms with Gasteiger partial charge in [-0.05, 0) is 46.3 Å². The molecule has 0 aromatic carbocycles. The third-order valence-electron chi connectivity index (χ3n) is 2.55. The van der Waals surface area contributed by atoms with Gasteiger partial charge in [0.2, 0.25) is 0 Å². The highest BCUT2D eigenvalue weighted by molar-refractivity contribution is 9.10. The van der Waals surface area contributed by atoms with E-state index in [2.05, 4.69) is 36.5 Å². The summed E-state index contributed by atoms with van der Waals surface area (Å²) in [6.07, 6.45) is 3.08. The lowest BCUT2D eigenvalue weighted by atomic mass is 10.2. The second-order valence-electron chi connectivity index (χ2n) is 4.02. The number of hydrogen-bond donors (Lipinski definition) is 2. The van der Waals surface area contributed by atoms with Crippen molar-refractivity contribution in [1.29, 1.82) is 0 Å². The number of aromatic nitrogens is 2. The number of nitrogens with zero attached hydrogens (tertiary/aromatic N) is 2. The molecule has 0 amide bonds. The third-order valence-corrected chi connectivity index (χ3v) is 3.44. The molecule has 0 saturated heterocycles. The van der Waals surface area contributed by atoms with Gasteiger partial charge in [-0.25, -0.2) is 13.8 Å². The Bertz CT molecular complexity index is 654. The fourth-order valence-electron chi connectivity index (χ4n) is 1.56. The standard InChI is InChI=1S/C13H11BrF2N4S/c14-8-2-1-5-18-12(8)20-13(21)19-7-4-10-11(16)9(15)3-6-17-10/h1-3,5-6H,4,7H2,(H2,18,19,20,21). The molecule has 2 aromatic rings. The van der Waals surface area contributed by atoms with Crippen LogP contribution in [0.3, 0.4) is 0 Å². The minimum atomic E-state index is -0.925. The molecule has 0 aliphatic carbocycles. The topological polar surface area (TPSA) is 49.8 Å². The highest BCUT2D eigenvalue weighted by Crippen LogP contribution is 2.17. The molecule has 0 radical (unpaired) electrons. The molecule has 21 heavy (non-hydrogen) atoms. The maximum absolute atomic E-state index is 13.4. The van der Waals surface area contributed by atoms with Crippen molar-refractivity contribution in [1.82, 2.24) is 15.3 Å². The first-order chi connectivity index (χ1) is 10.1. The van der Waals surface area contributed by atoms with Crippen molar-refractivity contribution < 1.29 is 8.78 Å². The van der Waals surface area contributed by atoms with Gasteiger partial charge < -0.3 is 10.6 Å². The van der Waals surface area contributed by atoms with Gasteiger partial charge >= 0.3 is 0 Å². The average Bonchev–Trinajstić information content (AvgIpc) is 2.46. The van der Waals surface area contributed by atoms with E-state index in [0.717, 1.165) is 10.5 Å². The Morgan fingerprint density at radius 1 is 1.24 bits per heavy atom. The van der Waals surface area contributed by atoms with Crippen LogP contribution >= 0.6 is 28.1 Å². The van der Waals surface area contributed by atoms with Gasteiger partial charge in [-0.15, -0.1) is 0 Å². The lowest BCUT2D eigenvalue weighted by Gasteiger charge is -2.10. The summed E-state index contributed by atoms with van der Waals surface area (Å²) in [5, 5.41) is 6.12. The second-order valence-corrected chi connectivity index (χ2v) is 5.28. The van der Waals surface area contributed by atoms with Crippen LogP contribution in [-0.4, -0.2) is 21.6 Å². The number of thiocarbonyl (C=S) groups is 1. The molecular formula is C13H11BrF2N4S. The maximum atomic E-state index is 13.4. The summed E-state index contributed by atoms with van der Waals surface area (Å²) in [5.74, 6) is -1.26. The van der Waals surface area contributed by atoms with Crippen LogP contribution in [0.25, 0.3) is 0 Å². The van der Waals surface area contributed by atoms with Crippen LogP contribution in [0.4, 0.5) is 14.6 Å². The van der Waals surface area contributed by atoms with Crippen molar-refractivity contribution in [2.24, 2.45) is 0 Å². The molecule has 0 saturated carbocycles. The van der Waals surface area contributed by atoms with Crippen molar-refractivity contribution in [3.63, 3.8) is 0 Å². The number of anilines is 1. The highest BCUT2D eigenvalue weighted by Gasteiger charge is 2.09. The Morgan fingerprint density at radius 3 is 2.81 bits per heavy atom. The molecule has 4 nitrogen and oxygen atoms in total. The van der Waals surface area contributed by atoms with E-state index in [9.17, 15) is 8.78 Å².